The normalized spacial score (nSPS) is 28.3. The molecule has 6 N–H and O–H groups in total. The Morgan fingerprint density at radius 1 is 0.880 bits per heavy atom. The number of nitrogens with one attached hydrogen (secondary N) is 2. The number of aliphatic hydroxyl groups is 4. The second kappa shape index (κ2) is 8.41. The third kappa shape index (κ3) is 5.35. The molecular formula is C16H28N2O7. The Kier molecular flexibility index (Phi) is 6.75. The highest BCUT2D eigenvalue weighted by Gasteiger charge is 2.38. The van der Waals surface area contributed by atoms with Gasteiger partial charge in [-0.15, -0.1) is 0 Å². The maximum absolute atomic E-state index is 11.6. The van der Waals surface area contributed by atoms with Gasteiger partial charge in [-0.3, -0.25) is 9.59 Å². The maximum Gasteiger partial charge on any atom is 0.223 e. The maximum atomic E-state index is 11.6. The van der Waals surface area contributed by atoms with Crippen LogP contribution in [0.4, 0.5) is 0 Å². The van der Waals surface area contributed by atoms with Crippen molar-refractivity contribution in [3.63, 3.8) is 0 Å². The van der Waals surface area contributed by atoms with E-state index in [0.717, 1.165) is 0 Å². The third-order valence-electron chi connectivity index (χ3n) is 4.91. The van der Waals surface area contributed by atoms with E-state index in [1.165, 1.54) is 0 Å². The second-order valence-corrected chi connectivity index (χ2v) is 7.22. The Balaban J connectivity index is 1.84. The Labute approximate surface area is 146 Å². The number of amides is 2. The van der Waals surface area contributed by atoms with E-state index in [2.05, 4.69) is 10.6 Å². The molecule has 0 aliphatic carbocycles. The average molecular weight is 360 g/mol. The molecule has 0 radical (unpaired) electrons. The molecule has 9 heteroatoms. The molecule has 144 valence electrons. The number of hydrogen-bond donors (Lipinski definition) is 6. The lowest BCUT2D eigenvalue weighted by molar-refractivity contribution is -0.143. The molecule has 2 fully saturated rings. The van der Waals surface area contributed by atoms with Gasteiger partial charge in [0.05, 0.1) is 26.4 Å². The molecule has 0 aromatic carbocycles. The summed E-state index contributed by atoms with van der Waals surface area (Å²) >= 11 is 0. The molecular weight excluding hydrogens is 332 g/mol. The van der Waals surface area contributed by atoms with E-state index in [0.29, 0.717) is 25.9 Å². The van der Waals surface area contributed by atoms with Crippen molar-refractivity contribution in [2.75, 3.05) is 39.5 Å². The Morgan fingerprint density at radius 3 is 1.56 bits per heavy atom. The minimum atomic E-state index is -1.60. The summed E-state index contributed by atoms with van der Waals surface area (Å²) < 4.78 is 5.35. The van der Waals surface area contributed by atoms with E-state index in [9.17, 15) is 30.0 Å². The standard InChI is InChI=1S/C16H28N2O7/c19-7-15(23,5-11-1-3-17-13(11)21)9-25-10-16(24,8-20)6-12-2-4-18-14(12)22/h11-12,19-20,23-24H,1-10H2,(H,17,21)(H,18,22). The first-order valence-corrected chi connectivity index (χ1v) is 8.60. The molecule has 2 rings (SSSR count). The van der Waals surface area contributed by atoms with Gasteiger partial charge in [-0.05, 0) is 25.7 Å². The van der Waals surface area contributed by atoms with E-state index in [1.807, 2.05) is 0 Å². The monoisotopic (exact) mass is 360 g/mol. The molecule has 0 bridgehead atoms. The number of carbonyl (C=O) groups is 2. The number of carbonyl (C=O) groups excluding carboxylic acids is 2. The fourth-order valence-electron chi connectivity index (χ4n) is 3.37. The van der Waals surface area contributed by atoms with Gasteiger partial charge in [-0.2, -0.15) is 0 Å². The largest absolute Gasteiger partial charge is 0.393 e. The van der Waals surface area contributed by atoms with Gasteiger partial charge < -0.3 is 35.8 Å². The van der Waals surface area contributed by atoms with E-state index in [-0.39, 0.29) is 49.7 Å². The van der Waals surface area contributed by atoms with Crippen molar-refractivity contribution in [3.8, 4) is 0 Å². The topological polar surface area (TPSA) is 148 Å². The highest BCUT2D eigenvalue weighted by molar-refractivity contribution is 5.81. The molecule has 4 unspecified atom stereocenters. The van der Waals surface area contributed by atoms with Crippen LogP contribution in [0.3, 0.4) is 0 Å². The molecule has 0 aromatic heterocycles. The molecule has 2 aliphatic rings. The molecule has 0 spiro atoms. The van der Waals surface area contributed by atoms with Gasteiger partial charge in [-0.1, -0.05) is 0 Å². The molecule has 25 heavy (non-hydrogen) atoms. The quantitative estimate of drug-likeness (QED) is 0.252. The smallest absolute Gasteiger partial charge is 0.223 e. The Bertz CT molecular complexity index is 447. The van der Waals surface area contributed by atoms with Crippen LogP contribution in [0.2, 0.25) is 0 Å². The summed E-state index contributed by atoms with van der Waals surface area (Å²) in [7, 11) is 0. The van der Waals surface area contributed by atoms with Gasteiger partial charge >= 0.3 is 0 Å². The lowest BCUT2D eigenvalue weighted by Crippen LogP contribution is -2.46. The van der Waals surface area contributed by atoms with E-state index < -0.39 is 24.4 Å². The first kappa shape index (κ1) is 20.1. The summed E-state index contributed by atoms with van der Waals surface area (Å²) in [5.74, 6) is -1.10. The number of aliphatic hydroxyl groups excluding tert-OH is 2. The van der Waals surface area contributed by atoms with Gasteiger partial charge in [0.25, 0.3) is 0 Å². The summed E-state index contributed by atoms with van der Waals surface area (Å²) in [5, 5.41) is 45.1. The lowest BCUT2D eigenvalue weighted by Gasteiger charge is -2.31. The molecule has 0 saturated carbocycles. The summed E-state index contributed by atoms with van der Waals surface area (Å²) in [6, 6.07) is 0. The highest BCUT2D eigenvalue weighted by Crippen LogP contribution is 2.26. The molecule has 2 amide bonds. The van der Waals surface area contributed by atoms with Gasteiger partial charge in [0.1, 0.15) is 11.2 Å². The Hall–Kier alpha value is -1.26. The molecule has 4 atom stereocenters. The zero-order valence-corrected chi connectivity index (χ0v) is 14.2. The summed E-state index contributed by atoms with van der Waals surface area (Å²) in [5.41, 5.74) is -3.21. The van der Waals surface area contributed by atoms with Crippen LogP contribution >= 0.6 is 0 Å². The van der Waals surface area contributed by atoms with Crippen LogP contribution in [-0.2, 0) is 14.3 Å². The zero-order valence-electron chi connectivity index (χ0n) is 14.2. The first-order valence-electron chi connectivity index (χ1n) is 8.60. The lowest BCUT2D eigenvalue weighted by atomic mass is 9.89. The molecule has 9 nitrogen and oxygen atoms in total. The number of rotatable bonds is 10. The predicted molar refractivity (Wildman–Crippen MR) is 86.4 cm³/mol. The number of ether oxygens (including phenoxy) is 1. The van der Waals surface area contributed by atoms with Gasteiger partial charge in [-0.25, -0.2) is 0 Å². The second-order valence-electron chi connectivity index (χ2n) is 7.22. The summed E-state index contributed by atoms with van der Waals surface area (Å²) in [4.78, 5) is 23.2. The van der Waals surface area contributed by atoms with Crippen LogP contribution in [0.1, 0.15) is 25.7 Å². The first-order chi connectivity index (χ1) is 11.8. The van der Waals surface area contributed by atoms with Crippen LogP contribution in [0.15, 0.2) is 0 Å². The van der Waals surface area contributed by atoms with Gasteiger partial charge in [0.15, 0.2) is 0 Å². The van der Waals surface area contributed by atoms with Crippen LogP contribution in [0.5, 0.6) is 0 Å². The van der Waals surface area contributed by atoms with Crippen molar-refractivity contribution in [2.45, 2.75) is 36.9 Å². The van der Waals surface area contributed by atoms with E-state index >= 15 is 0 Å². The molecule has 2 aliphatic heterocycles. The summed E-state index contributed by atoms with van der Waals surface area (Å²) in [6.07, 6.45) is 1.27. The molecule has 0 aromatic rings. The SMILES string of the molecule is O=C1NCCC1CC(O)(CO)COCC(O)(CO)CC1CCNC1=O. The molecule has 2 heterocycles. The summed E-state index contributed by atoms with van der Waals surface area (Å²) in [6.45, 7) is -0.656. The van der Waals surface area contributed by atoms with Crippen molar-refractivity contribution in [1.29, 1.82) is 0 Å². The highest BCUT2D eigenvalue weighted by atomic mass is 16.5. The fraction of sp³-hybridized carbons (Fsp3) is 0.875. The number of hydrogen-bond acceptors (Lipinski definition) is 7. The fourth-order valence-corrected chi connectivity index (χ4v) is 3.37. The van der Waals surface area contributed by atoms with Crippen LogP contribution in [0, 0.1) is 11.8 Å². The van der Waals surface area contributed by atoms with Crippen LogP contribution in [0.25, 0.3) is 0 Å². The van der Waals surface area contributed by atoms with Gasteiger partial charge in [0.2, 0.25) is 11.8 Å². The van der Waals surface area contributed by atoms with Crippen LogP contribution < -0.4 is 10.6 Å². The zero-order chi connectivity index (χ0) is 18.5. The Morgan fingerprint density at radius 2 is 1.28 bits per heavy atom. The molecule has 2 saturated heterocycles. The minimum absolute atomic E-state index is 0.0535. The van der Waals surface area contributed by atoms with Crippen LogP contribution in [-0.4, -0.2) is 83.0 Å². The third-order valence-corrected chi connectivity index (χ3v) is 4.91. The van der Waals surface area contributed by atoms with Crippen molar-refractivity contribution < 1.29 is 34.8 Å². The van der Waals surface area contributed by atoms with Gasteiger partial charge in [0, 0.05) is 24.9 Å². The average Bonchev–Trinajstić information content (AvgIpc) is 3.16. The van der Waals surface area contributed by atoms with Crippen molar-refractivity contribution in [2.24, 2.45) is 11.8 Å². The minimum Gasteiger partial charge on any atom is -0.393 e. The van der Waals surface area contributed by atoms with Crippen molar-refractivity contribution in [1.82, 2.24) is 10.6 Å². The van der Waals surface area contributed by atoms with Crippen molar-refractivity contribution >= 4 is 11.8 Å². The van der Waals surface area contributed by atoms with E-state index in [4.69, 9.17) is 4.74 Å². The van der Waals surface area contributed by atoms with Crippen molar-refractivity contribution in [3.05, 3.63) is 0 Å². The van der Waals surface area contributed by atoms with E-state index in [1.54, 1.807) is 0 Å². The predicted octanol–water partition coefficient (Wildman–Crippen LogP) is -2.50.